The largest absolute Gasteiger partial charge is 0.464 e. The van der Waals surface area contributed by atoms with Gasteiger partial charge in [0.2, 0.25) is 11.8 Å². The molecule has 0 spiro atoms. The number of amides is 1. The van der Waals surface area contributed by atoms with Gasteiger partial charge in [-0.05, 0) is 38.4 Å². The van der Waals surface area contributed by atoms with E-state index in [1.165, 1.54) is 0 Å². The molecular weight excluding hydrogens is 320 g/mol. The van der Waals surface area contributed by atoms with Gasteiger partial charge in [-0.1, -0.05) is 19.0 Å². The summed E-state index contributed by atoms with van der Waals surface area (Å²) in [7, 11) is 1.80. The van der Waals surface area contributed by atoms with E-state index in [0.29, 0.717) is 24.8 Å². The number of hydrogen-bond donors (Lipinski definition) is 0. The first-order valence-electron chi connectivity index (χ1n) is 8.81. The van der Waals surface area contributed by atoms with Crippen molar-refractivity contribution >= 4 is 5.91 Å². The number of aryl methyl sites for hydroxylation is 1. The first-order valence-corrected chi connectivity index (χ1v) is 8.81. The third-order valence-electron chi connectivity index (χ3n) is 4.57. The van der Waals surface area contributed by atoms with Crippen LogP contribution in [0.2, 0.25) is 0 Å². The molecule has 25 heavy (non-hydrogen) atoms. The van der Waals surface area contributed by atoms with Crippen molar-refractivity contribution in [3.63, 3.8) is 0 Å². The second-order valence-corrected chi connectivity index (χ2v) is 7.04. The Morgan fingerprint density at radius 2 is 2.24 bits per heavy atom. The van der Waals surface area contributed by atoms with Crippen LogP contribution in [-0.4, -0.2) is 46.0 Å². The Bertz CT molecular complexity index is 721. The lowest BCUT2D eigenvalue weighted by Gasteiger charge is -2.24. The molecule has 0 radical (unpaired) electrons. The molecule has 0 bridgehead atoms. The van der Waals surface area contributed by atoms with Crippen molar-refractivity contribution in [2.45, 2.75) is 52.1 Å². The normalized spacial score (nSPS) is 18.2. The molecule has 0 N–H and O–H groups in total. The zero-order chi connectivity index (χ0) is 18.0. The van der Waals surface area contributed by atoms with Gasteiger partial charge in [-0.2, -0.15) is 4.98 Å². The maximum atomic E-state index is 12.6. The summed E-state index contributed by atoms with van der Waals surface area (Å²) in [4.78, 5) is 20.9. The molecule has 136 valence electrons. The SMILES string of the molecule is Cc1ccc(CN(C)C(=O)CN2CCC[C@@H]2c2noc(C(C)C)n2)o1. The highest BCUT2D eigenvalue weighted by molar-refractivity contribution is 5.78. The van der Waals surface area contributed by atoms with Crippen LogP contribution in [0.25, 0.3) is 0 Å². The van der Waals surface area contributed by atoms with E-state index in [1.807, 2.05) is 32.9 Å². The number of hydrogen-bond acceptors (Lipinski definition) is 6. The maximum Gasteiger partial charge on any atom is 0.236 e. The second kappa shape index (κ2) is 7.39. The standard InChI is InChI=1S/C18H26N4O3/c1-12(2)18-19-17(20-25-18)15-6-5-9-22(15)11-16(23)21(4)10-14-8-7-13(3)24-14/h7-8,12,15H,5-6,9-11H2,1-4H3/t15-/m1/s1. The van der Waals surface area contributed by atoms with Gasteiger partial charge in [-0.3, -0.25) is 9.69 Å². The molecule has 3 heterocycles. The van der Waals surface area contributed by atoms with Gasteiger partial charge in [-0.15, -0.1) is 0 Å². The van der Waals surface area contributed by atoms with E-state index in [1.54, 1.807) is 11.9 Å². The number of carbonyl (C=O) groups is 1. The predicted molar refractivity (Wildman–Crippen MR) is 91.9 cm³/mol. The van der Waals surface area contributed by atoms with Gasteiger partial charge < -0.3 is 13.8 Å². The molecule has 0 unspecified atom stereocenters. The number of carbonyl (C=O) groups excluding carboxylic acids is 1. The van der Waals surface area contributed by atoms with Crippen LogP contribution in [0.1, 0.15) is 61.9 Å². The van der Waals surface area contributed by atoms with Gasteiger partial charge >= 0.3 is 0 Å². The van der Waals surface area contributed by atoms with Crippen molar-refractivity contribution in [1.29, 1.82) is 0 Å². The molecule has 1 amide bonds. The number of likely N-dealkylation sites (N-methyl/N-ethyl adjacent to an activating group) is 1. The van der Waals surface area contributed by atoms with Crippen molar-refractivity contribution < 1.29 is 13.7 Å². The summed E-state index contributed by atoms with van der Waals surface area (Å²) in [6.07, 6.45) is 1.98. The molecule has 1 atom stereocenters. The third-order valence-corrected chi connectivity index (χ3v) is 4.57. The van der Waals surface area contributed by atoms with Crippen LogP contribution in [0.4, 0.5) is 0 Å². The molecule has 3 rings (SSSR count). The fourth-order valence-corrected chi connectivity index (χ4v) is 3.11. The lowest BCUT2D eigenvalue weighted by Crippen LogP contribution is -2.38. The summed E-state index contributed by atoms with van der Waals surface area (Å²) in [6, 6.07) is 3.87. The Morgan fingerprint density at radius 1 is 1.44 bits per heavy atom. The predicted octanol–water partition coefficient (Wildman–Crippen LogP) is 2.89. The fourth-order valence-electron chi connectivity index (χ4n) is 3.11. The van der Waals surface area contributed by atoms with Crippen LogP contribution in [-0.2, 0) is 11.3 Å². The minimum atomic E-state index is 0.0551. The first-order chi connectivity index (χ1) is 11.9. The van der Waals surface area contributed by atoms with Gasteiger partial charge in [0.05, 0.1) is 19.1 Å². The van der Waals surface area contributed by atoms with Crippen LogP contribution in [0, 0.1) is 6.92 Å². The van der Waals surface area contributed by atoms with E-state index < -0.39 is 0 Å². The molecule has 1 fully saturated rings. The van der Waals surface area contributed by atoms with Gasteiger partial charge in [-0.25, -0.2) is 0 Å². The zero-order valence-electron chi connectivity index (χ0n) is 15.4. The van der Waals surface area contributed by atoms with Crippen LogP contribution in [0.5, 0.6) is 0 Å². The van der Waals surface area contributed by atoms with E-state index in [9.17, 15) is 4.79 Å². The number of furan rings is 1. The highest BCUT2D eigenvalue weighted by atomic mass is 16.5. The molecule has 1 saturated heterocycles. The van der Waals surface area contributed by atoms with E-state index in [-0.39, 0.29) is 17.9 Å². The average Bonchev–Trinajstić information content (AvgIpc) is 3.27. The molecule has 2 aromatic heterocycles. The van der Waals surface area contributed by atoms with Gasteiger partial charge in [0.25, 0.3) is 0 Å². The van der Waals surface area contributed by atoms with Crippen LogP contribution < -0.4 is 0 Å². The summed E-state index contributed by atoms with van der Waals surface area (Å²) in [5, 5.41) is 4.12. The molecule has 2 aromatic rings. The van der Waals surface area contributed by atoms with Crippen LogP contribution in [0.15, 0.2) is 21.1 Å². The van der Waals surface area contributed by atoms with Gasteiger partial charge in [0, 0.05) is 13.0 Å². The lowest BCUT2D eigenvalue weighted by atomic mass is 10.2. The summed E-state index contributed by atoms with van der Waals surface area (Å²) in [6.45, 7) is 7.65. The summed E-state index contributed by atoms with van der Waals surface area (Å²) >= 11 is 0. The van der Waals surface area contributed by atoms with Crippen molar-refractivity contribution in [3.8, 4) is 0 Å². The maximum absolute atomic E-state index is 12.6. The van der Waals surface area contributed by atoms with Crippen molar-refractivity contribution in [2.24, 2.45) is 0 Å². The highest BCUT2D eigenvalue weighted by Gasteiger charge is 2.32. The van der Waals surface area contributed by atoms with E-state index in [4.69, 9.17) is 8.94 Å². The van der Waals surface area contributed by atoms with E-state index >= 15 is 0 Å². The molecule has 7 nitrogen and oxygen atoms in total. The smallest absolute Gasteiger partial charge is 0.236 e. The van der Waals surface area contributed by atoms with Gasteiger partial charge in [0.1, 0.15) is 11.5 Å². The number of rotatable bonds is 6. The number of aromatic nitrogens is 2. The minimum Gasteiger partial charge on any atom is -0.464 e. The third kappa shape index (κ3) is 4.10. The molecule has 0 aromatic carbocycles. The Balaban J connectivity index is 1.61. The number of likely N-dealkylation sites (tertiary alicyclic amines) is 1. The fraction of sp³-hybridized carbons (Fsp3) is 0.611. The van der Waals surface area contributed by atoms with Crippen molar-refractivity contribution in [1.82, 2.24) is 19.9 Å². The summed E-state index contributed by atoms with van der Waals surface area (Å²) in [5.74, 6) is 3.27. The summed E-state index contributed by atoms with van der Waals surface area (Å²) in [5.41, 5.74) is 0. The van der Waals surface area contributed by atoms with E-state index in [2.05, 4.69) is 15.0 Å². The Labute approximate surface area is 148 Å². The molecule has 0 aliphatic carbocycles. The Hall–Kier alpha value is -2.15. The van der Waals surface area contributed by atoms with Crippen molar-refractivity contribution in [3.05, 3.63) is 35.4 Å². The van der Waals surface area contributed by atoms with Gasteiger partial charge in [0.15, 0.2) is 5.82 Å². The molecule has 1 aliphatic heterocycles. The van der Waals surface area contributed by atoms with Crippen LogP contribution >= 0.6 is 0 Å². The molecular formula is C18H26N4O3. The highest BCUT2D eigenvalue weighted by Crippen LogP contribution is 2.30. The monoisotopic (exact) mass is 346 g/mol. The zero-order valence-corrected chi connectivity index (χ0v) is 15.4. The molecule has 1 aliphatic rings. The summed E-state index contributed by atoms with van der Waals surface area (Å²) < 4.78 is 10.9. The second-order valence-electron chi connectivity index (χ2n) is 7.04. The first kappa shape index (κ1) is 17.7. The minimum absolute atomic E-state index is 0.0551. The Morgan fingerprint density at radius 3 is 2.88 bits per heavy atom. The quantitative estimate of drug-likeness (QED) is 0.800. The average molecular weight is 346 g/mol. The Kier molecular flexibility index (Phi) is 5.22. The topological polar surface area (TPSA) is 75.6 Å². The lowest BCUT2D eigenvalue weighted by molar-refractivity contribution is -0.132. The van der Waals surface area contributed by atoms with Crippen molar-refractivity contribution in [2.75, 3.05) is 20.1 Å². The molecule has 0 saturated carbocycles. The molecule has 7 heteroatoms. The number of nitrogens with zero attached hydrogens (tertiary/aromatic N) is 4. The van der Waals surface area contributed by atoms with E-state index in [0.717, 1.165) is 30.9 Å². The van der Waals surface area contributed by atoms with Crippen LogP contribution in [0.3, 0.4) is 0 Å².